The molecule has 0 aliphatic heterocycles. The number of hydrogen-bond acceptors (Lipinski definition) is 4. The van der Waals surface area contributed by atoms with E-state index in [4.69, 9.17) is 0 Å². The first kappa shape index (κ1) is 10.3. The van der Waals surface area contributed by atoms with E-state index in [0.717, 1.165) is 21.8 Å². The highest BCUT2D eigenvalue weighted by Gasteiger charge is 2.04. The second-order valence-electron chi connectivity index (χ2n) is 3.65. The second-order valence-corrected chi connectivity index (χ2v) is 4.64. The molecule has 0 aliphatic carbocycles. The summed E-state index contributed by atoms with van der Waals surface area (Å²) in [5, 5.41) is 9.64. The summed E-state index contributed by atoms with van der Waals surface area (Å²) in [5.41, 5.74) is 0.991. The molecule has 5 heteroatoms. The van der Waals surface area contributed by atoms with Crippen molar-refractivity contribution in [1.82, 2.24) is 20.2 Å². The third-order valence-electron chi connectivity index (χ3n) is 2.35. The molecule has 0 aliphatic rings. The highest BCUT2D eigenvalue weighted by atomic mass is 32.2. The van der Waals surface area contributed by atoms with Crippen molar-refractivity contribution in [3.05, 3.63) is 42.2 Å². The zero-order valence-corrected chi connectivity index (χ0v) is 10.0. The number of benzene rings is 1. The van der Waals surface area contributed by atoms with Crippen LogP contribution in [0, 0.1) is 6.92 Å². The predicted molar refractivity (Wildman–Crippen MR) is 67.0 cm³/mol. The van der Waals surface area contributed by atoms with Crippen molar-refractivity contribution in [3.63, 3.8) is 0 Å². The minimum absolute atomic E-state index is 0.699. The van der Waals surface area contributed by atoms with Crippen molar-refractivity contribution in [2.24, 2.45) is 0 Å². The van der Waals surface area contributed by atoms with Crippen LogP contribution in [-0.4, -0.2) is 20.2 Å². The summed E-state index contributed by atoms with van der Waals surface area (Å²) >= 11 is 1.46. The molecule has 0 fully saturated rings. The van der Waals surface area contributed by atoms with E-state index < -0.39 is 0 Å². The number of aromatic nitrogens is 4. The molecule has 3 aromatic rings. The van der Waals surface area contributed by atoms with Gasteiger partial charge in [-0.25, -0.2) is 9.97 Å². The van der Waals surface area contributed by atoms with Crippen molar-refractivity contribution in [2.45, 2.75) is 17.1 Å². The van der Waals surface area contributed by atoms with Crippen LogP contribution in [0.1, 0.15) is 5.82 Å². The topological polar surface area (TPSA) is 54.5 Å². The molecule has 2 aromatic heterocycles. The minimum atomic E-state index is 0.699. The molecule has 1 aromatic carbocycles. The van der Waals surface area contributed by atoms with Crippen LogP contribution in [0.2, 0.25) is 0 Å². The van der Waals surface area contributed by atoms with Crippen LogP contribution in [0.25, 0.3) is 10.9 Å². The van der Waals surface area contributed by atoms with Crippen LogP contribution in [0.15, 0.2) is 46.6 Å². The fourth-order valence-corrected chi connectivity index (χ4v) is 2.31. The summed E-state index contributed by atoms with van der Waals surface area (Å²) in [6.45, 7) is 1.88. The molecular formula is C12H10N4S. The van der Waals surface area contributed by atoms with Gasteiger partial charge < -0.3 is 0 Å². The van der Waals surface area contributed by atoms with Crippen LogP contribution in [0.3, 0.4) is 0 Å². The number of rotatable bonds is 2. The lowest BCUT2D eigenvalue weighted by molar-refractivity contribution is 0.966. The summed E-state index contributed by atoms with van der Waals surface area (Å²) in [5.74, 6) is 0.813. The summed E-state index contributed by atoms with van der Waals surface area (Å²) < 4.78 is 0. The Morgan fingerprint density at radius 3 is 2.76 bits per heavy atom. The predicted octanol–water partition coefficient (Wildman–Crippen LogP) is 2.81. The highest BCUT2D eigenvalue weighted by molar-refractivity contribution is 7.99. The molecule has 3 rings (SSSR count). The van der Waals surface area contributed by atoms with Gasteiger partial charge in [-0.05, 0) is 30.8 Å². The molecule has 0 bridgehead atoms. The van der Waals surface area contributed by atoms with Gasteiger partial charge >= 0.3 is 0 Å². The number of hydrogen-bond donors (Lipinski definition) is 1. The first-order valence-electron chi connectivity index (χ1n) is 5.24. The average molecular weight is 242 g/mol. The molecule has 84 valence electrons. The third-order valence-corrected chi connectivity index (χ3v) is 3.15. The molecule has 0 spiro atoms. The number of H-pyrrole nitrogens is 1. The molecule has 4 nitrogen and oxygen atoms in total. The molecule has 0 saturated carbocycles. The number of aryl methyl sites for hydroxylation is 1. The van der Waals surface area contributed by atoms with Crippen molar-refractivity contribution in [1.29, 1.82) is 0 Å². The van der Waals surface area contributed by atoms with Gasteiger partial charge in [0.1, 0.15) is 10.9 Å². The van der Waals surface area contributed by atoms with Crippen LogP contribution in [0.4, 0.5) is 0 Å². The van der Waals surface area contributed by atoms with Crippen LogP contribution in [-0.2, 0) is 0 Å². The molecule has 2 heterocycles. The Morgan fingerprint density at radius 2 is 1.94 bits per heavy atom. The molecule has 0 amide bonds. The first-order valence-corrected chi connectivity index (χ1v) is 6.05. The second kappa shape index (κ2) is 4.18. The third kappa shape index (κ3) is 2.14. The van der Waals surface area contributed by atoms with Gasteiger partial charge in [0.05, 0.1) is 5.52 Å². The quantitative estimate of drug-likeness (QED) is 0.750. The molecule has 0 radical (unpaired) electrons. The van der Waals surface area contributed by atoms with E-state index in [0.29, 0.717) is 5.16 Å². The number of para-hydroxylation sites is 1. The van der Waals surface area contributed by atoms with Crippen LogP contribution in [0.5, 0.6) is 0 Å². The van der Waals surface area contributed by atoms with E-state index in [9.17, 15) is 0 Å². The Bertz CT molecular complexity index is 662. The summed E-state index contributed by atoms with van der Waals surface area (Å²) in [7, 11) is 0. The van der Waals surface area contributed by atoms with Gasteiger partial charge in [0, 0.05) is 5.39 Å². The Kier molecular flexibility index (Phi) is 2.53. The number of fused-ring (bicyclic) bond motifs is 1. The maximum atomic E-state index is 4.55. The Morgan fingerprint density at radius 1 is 1.06 bits per heavy atom. The molecular weight excluding hydrogens is 232 g/mol. The fourth-order valence-electron chi connectivity index (χ4n) is 1.57. The van der Waals surface area contributed by atoms with E-state index in [1.54, 1.807) is 0 Å². The fraction of sp³-hybridized carbons (Fsp3) is 0.0833. The van der Waals surface area contributed by atoms with Crippen molar-refractivity contribution >= 4 is 22.7 Å². The van der Waals surface area contributed by atoms with Gasteiger partial charge in [-0.3, -0.25) is 5.10 Å². The summed E-state index contributed by atoms with van der Waals surface area (Å²) in [4.78, 5) is 8.79. The normalized spacial score (nSPS) is 10.9. The molecule has 0 atom stereocenters. The largest absolute Gasteiger partial charge is 0.262 e. The zero-order valence-electron chi connectivity index (χ0n) is 9.21. The minimum Gasteiger partial charge on any atom is -0.262 e. The average Bonchev–Trinajstić information content (AvgIpc) is 2.75. The van der Waals surface area contributed by atoms with E-state index >= 15 is 0 Å². The van der Waals surface area contributed by atoms with Crippen LogP contribution < -0.4 is 0 Å². The lowest BCUT2D eigenvalue weighted by Crippen LogP contribution is -1.83. The monoisotopic (exact) mass is 242 g/mol. The molecule has 0 saturated heterocycles. The van der Waals surface area contributed by atoms with E-state index in [-0.39, 0.29) is 0 Å². The maximum Gasteiger partial charge on any atom is 0.214 e. The number of pyridine rings is 1. The van der Waals surface area contributed by atoms with E-state index in [1.807, 2.05) is 37.3 Å². The summed E-state index contributed by atoms with van der Waals surface area (Å²) in [6, 6.07) is 12.1. The lowest BCUT2D eigenvalue weighted by Gasteiger charge is -1.99. The van der Waals surface area contributed by atoms with Gasteiger partial charge in [-0.2, -0.15) is 0 Å². The van der Waals surface area contributed by atoms with E-state index in [2.05, 4.69) is 26.2 Å². The molecule has 1 N–H and O–H groups in total. The Balaban J connectivity index is 1.95. The van der Waals surface area contributed by atoms with Crippen molar-refractivity contribution in [3.8, 4) is 0 Å². The van der Waals surface area contributed by atoms with Crippen LogP contribution >= 0.6 is 11.8 Å². The van der Waals surface area contributed by atoms with Crippen molar-refractivity contribution < 1.29 is 0 Å². The standard InChI is InChI=1S/C12H10N4S/c1-8-13-12(16-15-8)17-11-7-6-9-4-2-3-5-10(9)14-11/h2-7H,1H3,(H,13,15,16). The van der Waals surface area contributed by atoms with Gasteiger partial charge in [0.2, 0.25) is 5.16 Å². The SMILES string of the molecule is Cc1nc(Sc2ccc3ccccc3n2)n[nH]1. The number of nitrogens with one attached hydrogen (secondary N) is 1. The Hall–Kier alpha value is -1.88. The number of nitrogens with zero attached hydrogens (tertiary/aromatic N) is 3. The zero-order chi connectivity index (χ0) is 11.7. The highest BCUT2D eigenvalue weighted by Crippen LogP contribution is 2.24. The molecule has 0 unspecified atom stereocenters. The summed E-state index contributed by atoms with van der Waals surface area (Å²) in [6.07, 6.45) is 0. The van der Waals surface area contributed by atoms with Gasteiger partial charge in [-0.15, -0.1) is 5.10 Å². The Labute approximate surface area is 102 Å². The van der Waals surface area contributed by atoms with Gasteiger partial charge in [0.25, 0.3) is 0 Å². The van der Waals surface area contributed by atoms with Gasteiger partial charge in [-0.1, -0.05) is 24.3 Å². The van der Waals surface area contributed by atoms with Gasteiger partial charge in [0.15, 0.2) is 0 Å². The maximum absolute atomic E-state index is 4.55. The van der Waals surface area contributed by atoms with Crippen molar-refractivity contribution in [2.75, 3.05) is 0 Å². The first-order chi connectivity index (χ1) is 8.31. The molecule has 17 heavy (non-hydrogen) atoms. The smallest absolute Gasteiger partial charge is 0.214 e. The number of aromatic amines is 1. The van der Waals surface area contributed by atoms with E-state index in [1.165, 1.54) is 11.8 Å². The lowest BCUT2D eigenvalue weighted by atomic mass is 10.2.